The third-order valence-corrected chi connectivity index (χ3v) is 7.12. The summed E-state index contributed by atoms with van der Waals surface area (Å²) in [6, 6.07) is 9.69. The molecule has 2 aromatic carbocycles. The zero-order valence-corrected chi connectivity index (χ0v) is 20.4. The summed E-state index contributed by atoms with van der Waals surface area (Å²) >= 11 is 12.3. The highest BCUT2D eigenvalue weighted by Crippen LogP contribution is 2.43. The predicted octanol–water partition coefficient (Wildman–Crippen LogP) is 5.77. The molecule has 0 spiro atoms. The van der Waals surface area contributed by atoms with E-state index in [0.29, 0.717) is 11.5 Å². The Morgan fingerprint density at radius 3 is 2.55 bits per heavy atom. The zero-order chi connectivity index (χ0) is 24.1. The van der Waals surface area contributed by atoms with E-state index in [0.717, 1.165) is 23.6 Å². The molecule has 0 aliphatic carbocycles. The van der Waals surface area contributed by atoms with Crippen molar-refractivity contribution in [2.75, 3.05) is 16.3 Å². The molecule has 2 aliphatic heterocycles. The monoisotopic (exact) mass is 485 g/mol. The average molecular weight is 486 g/mol. The number of carbonyl (C=O) groups is 3. The highest BCUT2D eigenvalue weighted by molar-refractivity contribution is 6.46. The van der Waals surface area contributed by atoms with Gasteiger partial charge in [0.05, 0.1) is 15.7 Å². The van der Waals surface area contributed by atoms with Gasteiger partial charge in [-0.3, -0.25) is 14.9 Å². The van der Waals surface area contributed by atoms with Gasteiger partial charge in [-0.25, -0.2) is 9.69 Å². The van der Waals surface area contributed by atoms with E-state index in [1.54, 1.807) is 12.1 Å². The summed E-state index contributed by atoms with van der Waals surface area (Å²) in [6.07, 6.45) is 2.50. The van der Waals surface area contributed by atoms with Gasteiger partial charge in [0, 0.05) is 17.8 Å². The number of halogens is 2. The minimum Gasteiger partial charge on any atom is -0.366 e. The van der Waals surface area contributed by atoms with Crippen LogP contribution in [0, 0.1) is 0 Å². The van der Waals surface area contributed by atoms with Crippen molar-refractivity contribution in [1.82, 2.24) is 5.32 Å². The van der Waals surface area contributed by atoms with Crippen LogP contribution in [-0.2, 0) is 9.59 Å². The quantitative estimate of drug-likeness (QED) is 0.442. The molecule has 1 N–H and O–H groups in total. The fourth-order valence-electron chi connectivity index (χ4n) is 4.91. The van der Waals surface area contributed by atoms with Crippen LogP contribution in [0.25, 0.3) is 6.08 Å². The number of barbiturate groups is 1. The van der Waals surface area contributed by atoms with Crippen LogP contribution >= 0.6 is 23.2 Å². The Labute approximate surface area is 203 Å². The second-order valence-electron chi connectivity index (χ2n) is 9.01. The lowest BCUT2D eigenvalue weighted by atomic mass is 9.79. The molecule has 6 nitrogen and oxygen atoms in total. The van der Waals surface area contributed by atoms with Gasteiger partial charge in [0.2, 0.25) is 0 Å². The maximum atomic E-state index is 13.2. The largest absolute Gasteiger partial charge is 0.366 e. The maximum absolute atomic E-state index is 13.2. The van der Waals surface area contributed by atoms with Gasteiger partial charge in [-0.2, -0.15) is 0 Å². The van der Waals surface area contributed by atoms with E-state index in [9.17, 15) is 14.4 Å². The molecule has 1 saturated heterocycles. The Morgan fingerprint density at radius 1 is 1.12 bits per heavy atom. The molecule has 0 radical (unpaired) electrons. The Balaban J connectivity index is 1.75. The third kappa shape index (κ3) is 4.02. The van der Waals surface area contributed by atoms with Crippen LogP contribution in [0.2, 0.25) is 10.0 Å². The topological polar surface area (TPSA) is 69.7 Å². The van der Waals surface area contributed by atoms with Crippen LogP contribution in [0.15, 0.2) is 42.0 Å². The number of anilines is 2. The summed E-state index contributed by atoms with van der Waals surface area (Å²) < 4.78 is 0. The number of hydrogen-bond acceptors (Lipinski definition) is 4. The summed E-state index contributed by atoms with van der Waals surface area (Å²) in [5.74, 6) is -1.19. The lowest BCUT2D eigenvalue weighted by molar-refractivity contribution is -0.122. The Bertz CT molecular complexity index is 1210. The van der Waals surface area contributed by atoms with E-state index in [1.165, 1.54) is 17.7 Å². The number of imide groups is 2. The molecule has 0 saturated carbocycles. The van der Waals surface area contributed by atoms with Crippen molar-refractivity contribution >= 4 is 58.5 Å². The molecule has 4 amide bonds. The molecule has 2 aliphatic rings. The van der Waals surface area contributed by atoms with Gasteiger partial charge < -0.3 is 4.90 Å². The number of carbonyl (C=O) groups excluding carboxylic acids is 3. The first-order chi connectivity index (χ1) is 15.5. The molecule has 172 valence electrons. The molecule has 33 heavy (non-hydrogen) atoms. The summed E-state index contributed by atoms with van der Waals surface area (Å²) in [5, 5.41) is 2.48. The molecular weight excluding hydrogens is 461 g/mol. The van der Waals surface area contributed by atoms with Crippen LogP contribution in [0.3, 0.4) is 0 Å². The number of benzene rings is 2. The highest BCUT2D eigenvalue weighted by atomic mass is 35.5. The average Bonchev–Trinajstić information content (AvgIpc) is 2.74. The number of fused-ring (bicyclic) bond motifs is 1. The first kappa shape index (κ1) is 23.3. The van der Waals surface area contributed by atoms with E-state index in [4.69, 9.17) is 23.2 Å². The summed E-state index contributed by atoms with van der Waals surface area (Å²) in [6.45, 7) is 9.68. The van der Waals surface area contributed by atoms with Crippen LogP contribution in [0.4, 0.5) is 16.2 Å². The molecule has 8 heteroatoms. The molecule has 0 aromatic heterocycles. The Kier molecular flexibility index (Phi) is 6.01. The molecule has 2 heterocycles. The van der Waals surface area contributed by atoms with E-state index in [1.807, 2.05) is 18.2 Å². The van der Waals surface area contributed by atoms with Crippen LogP contribution in [-0.4, -0.2) is 29.9 Å². The first-order valence-electron chi connectivity index (χ1n) is 10.8. The highest BCUT2D eigenvalue weighted by Gasteiger charge is 2.39. The number of urea groups is 1. The van der Waals surface area contributed by atoms with Crippen molar-refractivity contribution in [1.29, 1.82) is 0 Å². The van der Waals surface area contributed by atoms with Crippen molar-refractivity contribution in [3.63, 3.8) is 0 Å². The molecule has 2 aromatic rings. The van der Waals surface area contributed by atoms with Crippen molar-refractivity contribution in [3.8, 4) is 0 Å². The number of nitrogens with zero attached hydrogens (tertiary/aromatic N) is 2. The smallest absolute Gasteiger partial charge is 0.336 e. The van der Waals surface area contributed by atoms with Gasteiger partial charge in [0.1, 0.15) is 5.57 Å². The van der Waals surface area contributed by atoms with Crippen molar-refractivity contribution in [2.24, 2.45) is 0 Å². The lowest BCUT2D eigenvalue weighted by Crippen LogP contribution is -2.54. The number of rotatable bonds is 3. The van der Waals surface area contributed by atoms with Crippen molar-refractivity contribution < 1.29 is 14.4 Å². The summed E-state index contributed by atoms with van der Waals surface area (Å²) in [7, 11) is 0. The molecule has 1 fully saturated rings. The number of amides is 4. The van der Waals surface area contributed by atoms with E-state index < -0.39 is 17.8 Å². The SMILES string of the molecule is CCN1c2ccc(/C=C3\C(=O)NC(=O)N(c4cccc(Cl)c4Cl)C3=O)cc2C(C)CC1(C)C. The fraction of sp³-hybridized carbons (Fsp3) is 0.320. The second kappa shape index (κ2) is 8.50. The normalized spacial score (nSPS) is 21.3. The predicted molar refractivity (Wildman–Crippen MR) is 132 cm³/mol. The van der Waals surface area contributed by atoms with Gasteiger partial charge in [-0.05, 0) is 74.6 Å². The summed E-state index contributed by atoms with van der Waals surface area (Å²) in [4.78, 5) is 41.5. The lowest BCUT2D eigenvalue weighted by Gasteiger charge is -2.47. The van der Waals surface area contributed by atoms with Crippen molar-refractivity contribution in [3.05, 3.63) is 63.1 Å². The molecule has 4 rings (SSSR count). The molecule has 1 unspecified atom stereocenters. The van der Waals surface area contributed by atoms with Crippen LogP contribution < -0.4 is 15.1 Å². The third-order valence-electron chi connectivity index (χ3n) is 6.31. The number of nitrogens with one attached hydrogen (secondary N) is 1. The van der Waals surface area contributed by atoms with E-state index >= 15 is 0 Å². The second-order valence-corrected chi connectivity index (χ2v) is 9.80. The molecule has 1 atom stereocenters. The summed E-state index contributed by atoms with van der Waals surface area (Å²) in [5.41, 5.74) is 3.04. The minimum atomic E-state index is -0.869. The zero-order valence-electron chi connectivity index (χ0n) is 18.9. The van der Waals surface area contributed by atoms with Crippen molar-refractivity contribution in [2.45, 2.75) is 45.6 Å². The number of hydrogen-bond donors (Lipinski definition) is 1. The van der Waals surface area contributed by atoms with Gasteiger partial charge in [-0.1, -0.05) is 42.3 Å². The molecule has 0 bridgehead atoms. The van der Waals surface area contributed by atoms with Gasteiger partial charge in [-0.15, -0.1) is 0 Å². The van der Waals surface area contributed by atoms with Crippen LogP contribution in [0.1, 0.15) is 51.2 Å². The van der Waals surface area contributed by atoms with Gasteiger partial charge >= 0.3 is 6.03 Å². The van der Waals surface area contributed by atoms with Crippen LogP contribution in [0.5, 0.6) is 0 Å². The Morgan fingerprint density at radius 2 is 1.85 bits per heavy atom. The van der Waals surface area contributed by atoms with Gasteiger partial charge in [0.15, 0.2) is 0 Å². The minimum absolute atomic E-state index is 0.0391. The fourth-order valence-corrected chi connectivity index (χ4v) is 5.29. The van der Waals surface area contributed by atoms with Gasteiger partial charge in [0.25, 0.3) is 11.8 Å². The van der Waals surface area contributed by atoms with E-state index in [2.05, 4.69) is 37.9 Å². The first-order valence-corrected chi connectivity index (χ1v) is 11.6. The Hall–Kier alpha value is -2.83. The maximum Gasteiger partial charge on any atom is 0.336 e. The molecular formula is C25H25Cl2N3O3. The standard InChI is InChI=1S/C25H25Cl2N3O3/c1-5-29-19-10-9-15(11-16(19)14(2)13-25(29,3)4)12-17-22(31)28-24(33)30(23(17)32)20-8-6-7-18(26)21(20)27/h6-12,14H,5,13H2,1-4H3,(H,28,31,33)/b17-12+. The van der Waals surface area contributed by atoms with E-state index in [-0.39, 0.29) is 26.8 Å².